The van der Waals surface area contributed by atoms with Gasteiger partial charge in [0.15, 0.2) is 0 Å². The number of anilines is 1. The number of carbonyl (C=O) groups excluding carboxylic acids is 2. The summed E-state index contributed by atoms with van der Waals surface area (Å²) < 4.78 is 43.4. The van der Waals surface area contributed by atoms with Gasteiger partial charge >= 0.3 is 11.5 Å². The fourth-order valence-electron chi connectivity index (χ4n) is 3.36. The summed E-state index contributed by atoms with van der Waals surface area (Å²) in [7, 11) is 0. The maximum Gasteiger partial charge on any atom is 0.446 e. The lowest BCUT2D eigenvalue weighted by Crippen LogP contribution is -2.33. The van der Waals surface area contributed by atoms with E-state index in [1.165, 1.54) is 29.2 Å². The second-order valence-corrected chi connectivity index (χ2v) is 8.36. The molecule has 0 bridgehead atoms. The van der Waals surface area contributed by atoms with Crippen molar-refractivity contribution in [1.82, 2.24) is 9.88 Å². The van der Waals surface area contributed by atoms with Gasteiger partial charge in [0.2, 0.25) is 5.88 Å². The van der Waals surface area contributed by atoms with E-state index < -0.39 is 23.5 Å². The van der Waals surface area contributed by atoms with Gasteiger partial charge in [0, 0.05) is 23.7 Å². The molecule has 3 amide bonds. The SMILES string of the molecule is CC1C(=O)N(c2ccc(SC(F)(F)F)cc2)C(=O)N1Cc1ccnc(Oc2ccccc2)c1. The Hall–Kier alpha value is -3.53. The molecule has 0 aliphatic carbocycles. The predicted molar refractivity (Wildman–Crippen MR) is 117 cm³/mol. The summed E-state index contributed by atoms with van der Waals surface area (Å²) in [6.45, 7) is 1.74. The summed E-state index contributed by atoms with van der Waals surface area (Å²) in [5.41, 5.74) is -3.49. The number of urea groups is 1. The molecule has 0 spiro atoms. The summed E-state index contributed by atoms with van der Waals surface area (Å²) in [6.07, 6.45) is 1.55. The van der Waals surface area contributed by atoms with Crippen LogP contribution in [0.1, 0.15) is 12.5 Å². The first-order chi connectivity index (χ1) is 15.7. The number of halogens is 3. The number of ether oxygens (including phenoxy) is 1. The number of amides is 3. The number of rotatable bonds is 6. The van der Waals surface area contributed by atoms with Gasteiger partial charge in [0.05, 0.1) is 5.69 Å². The number of hydrogen-bond donors (Lipinski definition) is 0. The van der Waals surface area contributed by atoms with Crippen LogP contribution in [0.2, 0.25) is 0 Å². The Morgan fingerprint density at radius 3 is 2.39 bits per heavy atom. The van der Waals surface area contributed by atoms with Crippen molar-refractivity contribution in [2.45, 2.75) is 29.9 Å². The zero-order valence-electron chi connectivity index (χ0n) is 17.3. The van der Waals surface area contributed by atoms with Crippen LogP contribution in [0.5, 0.6) is 11.6 Å². The minimum absolute atomic E-state index is 0.0296. The van der Waals surface area contributed by atoms with Gasteiger partial charge in [-0.1, -0.05) is 18.2 Å². The summed E-state index contributed by atoms with van der Waals surface area (Å²) in [5.74, 6) is 0.506. The van der Waals surface area contributed by atoms with Crippen molar-refractivity contribution in [3.8, 4) is 11.6 Å². The molecule has 1 fully saturated rings. The monoisotopic (exact) mass is 473 g/mol. The van der Waals surface area contributed by atoms with Crippen molar-refractivity contribution in [2.75, 3.05) is 4.90 Å². The van der Waals surface area contributed by atoms with Crippen LogP contribution in [0.15, 0.2) is 77.8 Å². The average Bonchev–Trinajstić information content (AvgIpc) is 2.98. The Morgan fingerprint density at radius 1 is 1.03 bits per heavy atom. The molecule has 3 aromatic rings. The standard InChI is InChI=1S/C23H18F3N3O3S/c1-15-21(30)29(17-7-9-19(10-8-17)33-23(24,25)26)22(31)28(15)14-16-11-12-27-20(13-16)32-18-5-3-2-4-6-18/h2-13,15H,14H2,1H3. The predicted octanol–water partition coefficient (Wildman–Crippen LogP) is 5.84. The van der Waals surface area contributed by atoms with Crippen LogP contribution in [0, 0.1) is 0 Å². The molecule has 2 heterocycles. The number of thioether (sulfide) groups is 1. The molecule has 1 aromatic heterocycles. The lowest BCUT2D eigenvalue weighted by atomic mass is 10.2. The minimum Gasteiger partial charge on any atom is -0.439 e. The van der Waals surface area contributed by atoms with Crippen LogP contribution in [-0.2, 0) is 11.3 Å². The van der Waals surface area contributed by atoms with E-state index in [9.17, 15) is 22.8 Å². The number of carbonyl (C=O) groups is 2. The molecule has 33 heavy (non-hydrogen) atoms. The molecule has 0 saturated carbocycles. The Balaban J connectivity index is 1.49. The van der Waals surface area contributed by atoms with E-state index in [-0.39, 0.29) is 28.9 Å². The van der Waals surface area contributed by atoms with E-state index >= 15 is 0 Å². The second kappa shape index (κ2) is 9.14. The first-order valence-electron chi connectivity index (χ1n) is 9.89. The highest BCUT2D eigenvalue weighted by molar-refractivity contribution is 8.00. The summed E-state index contributed by atoms with van der Waals surface area (Å²) >= 11 is -0.258. The second-order valence-electron chi connectivity index (χ2n) is 7.22. The first-order valence-corrected chi connectivity index (χ1v) is 10.7. The number of para-hydroxylation sites is 1. The topological polar surface area (TPSA) is 62.7 Å². The zero-order valence-corrected chi connectivity index (χ0v) is 18.1. The molecule has 170 valence electrons. The maximum absolute atomic E-state index is 13.0. The fourth-order valence-corrected chi connectivity index (χ4v) is 3.90. The molecule has 1 unspecified atom stereocenters. The molecule has 1 saturated heterocycles. The summed E-state index contributed by atoms with van der Waals surface area (Å²) in [6, 6.07) is 16.3. The Labute approximate surface area is 192 Å². The molecular formula is C23H18F3N3O3S. The number of pyridine rings is 1. The van der Waals surface area contributed by atoms with Crippen molar-refractivity contribution in [2.24, 2.45) is 0 Å². The molecule has 0 N–H and O–H groups in total. The minimum atomic E-state index is -4.42. The van der Waals surface area contributed by atoms with Crippen LogP contribution >= 0.6 is 11.8 Å². The van der Waals surface area contributed by atoms with Gasteiger partial charge in [-0.3, -0.25) is 4.79 Å². The van der Waals surface area contributed by atoms with Crippen LogP contribution in [0.3, 0.4) is 0 Å². The van der Waals surface area contributed by atoms with E-state index in [1.807, 2.05) is 18.2 Å². The highest BCUT2D eigenvalue weighted by Gasteiger charge is 2.43. The van der Waals surface area contributed by atoms with Crippen molar-refractivity contribution in [1.29, 1.82) is 0 Å². The molecular weight excluding hydrogens is 455 g/mol. The average molecular weight is 473 g/mol. The van der Waals surface area contributed by atoms with Gasteiger partial charge in [-0.05, 0) is 66.7 Å². The molecule has 4 rings (SSSR count). The van der Waals surface area contributed by atoms with Gasteiger partial charge in [0.25, 0.3) is 5.91 Å². The molecule has 1 atom stereocenters. The number of nitrogens with zero attached hydrogens (tertiary/aromatic N) is 3. The van der Waals surface area contributed by atoms with Gasteiger partial charge in [-0.2, -0.15) is 13.2 Å². The van der Waals surface area contributed by atoms with E-state index in [0.29, 0.717) is 17.2 Å². The Bertz CT molecular complexity index is 1160. The number of hydrogen-bond acceptors (Lipinski definition) is 5. The maximum atomic E-state index is 13.0. The van der Waals surface area contributed by atoms with E-state index in [4.69, 9.17) is 4.74 Å². The van der Waals surface area contributed by atoms with Crippen LogP contribution in [0.4, 0.5) is 23.7 Å². The molecule has 0 radical (unpaired) electrons. The third kappa shape index (κ3) is 5.28. The number of benzene rings is 2. The van der Waals surface area contributed by atoms with E-state index in [0.717, 1.165) is 4.90 Å². The summed E-state index contributed by atoms with van der Waals surface area (Å²) in [4.78, 5) is 32.3. The summed E-state index contributed by atoms with van der Waals surface area (Å²) in [5, 5.41) is 0. The Morgan fingerprint density at radius 2 is 1.73 bits per heavy atom. The van der Waals surface area contributed by atoms with Crippen molar-refractivity contribution >= 4 is 29.4 Å². The van der Waals surface area contributed by atoms with Crippen LogP contribution < -0.4 is 9.64 Å². The van der Waals surface area contributed by atoms with Gasteiger partial charge in [0.1, 0.15) is 11.8 Å². The molecule has 10 heteroatoms. The number of alkyl halides is 3. The third-order valence-electron chi connectivity index (χ3n) is 4.93. The van der Waals surface area contributed by atoms with Gasteiger partial charge in [-0.25, -0.2) is 14.7 Å². The normalized spacial score (nSPS) is 16.4. The lowest BCUT2D eigenvalue weighted by Gasteiger charge is -2.19. The Kier molecular flexibility index (Phi) is 6.28. The van der Waals surface area contributed by atoms with Crippen LogP contribution in [-0.4, -0.2) is 33.4 Å². The molecule has 2 aromatic carbocycles. The quantitative estimate of drug-likeness (QED) is 0.332. The van der Waals surface area contributed by atoms with Crippen LogP contribution in [0.25, 0.3) is 0 Å². The third-order valence-corrected chi connectivity index (χ3v) is 5.67. The van der Waals surface area contributed by atoms with Crippen molar-refractivity contribution in [3.63, 3.8) is 0 Å². The van der Waals surface area contributed by atoms with Gasteiger partial charge in [-0.15, -0.1) is 0 Å². The van der Waals surface area contributed by atoms with Crippen molar-refractivity contribution < 1.29 is 27.5 Å². The largest absolute Gasteiger partial charge is 0.446 e. The van der Waals surface area contributed by atoms with E-state index in [1.54, 1.807) is 37.4 Å². The van der Waals surface area contributed by atoms with Crippen molar-refractivity contribution in [3.05, 3.63) is 78.5 Å². The molecule has 1 aliphatic heterocycles. The molecule has 6 nitrogen and oxygen atoms in total. The number of aromatic nitrogens is 1. The highest BCUT2D eigenvalue weighted by Crippen LogP contribution is 2.38. The van der Waals surface area contributed by atoms with E-state index in [2.05, 4.69) is 4.98 Å². The highest BCUT2D eigenvalue weighted by atomic mass is 32.2. The number of imide groups is 1. The first kappa shape index (κ1) is 22.7. The molecule has 1 aliphatic rings. The smallest absolute Gasteiger partial charge is 0.439 e. The van der Waals surface area contributed by atoms with Gasteiger partial charge < -0.3 is 9.64 Å². The zero-order chi connectivity index (χ0) is 23.6. The lowest BCUT2D eigenvalue weighted by molar-refractivity contribution is -0.119. The fraction of sp³-hybridized carbons (Fsp3) is 0.174.